The van der Waals surface area contributed by atoms with E-state index in [0.717, 1.165) is 26.5 Å². The van der Waals surface area contributed by atoms with Gasteiger partial charge in [0.25, 0.3) is 5.91 Å². The van der Waals surface area contributed by atoms with Gasteiger partial charge in [-0.25, -0.2) is 4.68 Å². The molecule has 4 rings (SSSR count). The van der Waals surface area contributed by atoms with Crippen molar-refractivity contribution in [2.45, 2.75) is 20.3 Å². The standard InChI is InChI=1S/C27H25BrN4O3/c1-17-7-6-10-22(18(17)2)30-25(33)24-16-20-15-21(28)11-12-23(20)32(24)31-27(35)26(34)29-14-13-19-8-4-3-5-9-19/h3-12,15-16H,13-14H2,1-2H3,(H,29,34)(H,30,33)(H,31,35). The van der Waals surface area contributed by atoms with E-state index in [1.807, 2.05) is 68.4 Å². The van der Waals surface area contributed by atoms with Crippen LogP contribution in [0.1, 0.15) is 27.2 Å². The Bertz CT molecular complexity index is 1410. The van der Waals surface area contributed by atoms with E-state index in [1.54, 1.807) is 18.2 Å². The maximum atomic E-state index is 13.2. The quantitative estimate of drug-likeness (QED) is 0.314. The highest BCUT2D eigenvalue weighted by Crippen LogP contribution is 2.25. The molecule has 0 spiro atoms. The van der Waals surface area contributed by atoms with Crippen molar-refractivity contribution in [1.29, 1.82) is 0 Å². The first-order valence-electron chi connectivity index (χ1n) is 11.1. The first-order valence-corrected chi connectivity index (χ1v) is 11.9. The van der Waals surface area contributed by atoms with Gasteiger partial charge in [0.1, 0.15) is 5.69 Å². The second kappa shape index (κ2) is 10.6. The van der Waals surface area contributed by atoms with Crippen LogP contribution in [0.25, 0.3) is 10.9 Å². The van der Waals surface area contributed by atoms with Crippen molar-refractivity contribution in [3.05, 3.63) is 99.7 Å². The van der Waals surface area contributed by atoms with Crippen LogP contribution in [0, 0.1) is 13.8 Å². The summed E-state index contributed by atoms with van der Waals surface area (Å²) in [5.41, 5.74) is 7.11. The Balaban J connectivity index is 1.54. The van der Waals surface area contributed by atoms with Crippen LogP contribution in [0.4, 0.5) is 5.69 Å². The van der Waals surface area contributed by atoms with Crippen LogP contribution in [0.5, 0.6) is 0 Å². The van der Waals surface area contributed by atoms with Crippen LogP contribution in [0.2, 0.25) is 0 Å². The molecule has 0 fully saturated rings. The highest BCUT2D eigenvalue weighted by Gasteiger charge is 2.21. The topological polar surface area (TPSA) is 92.2 Å². The van der Waals surface area contributed by atoms with E-state index in [2.05, 4.69) is 32.0 Å². The average Bonchev–Trinajstić information content (AvgIpc) is 3.19. The lowest BCUT2D eigenvalue weighted by molar-refractivity contribution is -0.136. The fraction of sp³-hybridized carbons (Fsp3) is 0.148. The summed E-state index contributed by atoms with van der Waals surface area (Å²) in [6.45, 7) is 4.21. The molecule has 4 aromatic rings. The molecule has 1 aromatic heterocycles. The lowest BCUT2D eigenvalue weighted by Crippen LogP contribution is -2.40. The number of anilines is 1. The molecule has 0 atom stereocenters. The first kappa shape index (κ1) is 24.2. The van der Waals surface area contributed by atoms with Gasteiger partial charge >= 0.3 is 11.8 Å². The van der Waals surface area contributed by atoms with Gasteiger partial charge in [-0.15, -0.1) is 0 Å². The summed E-state index contributed by atoms with van der Waals surface area (Å²) in [6.07, 6.45) is 0.601. The SMILES string of the molecule is Cc1cccc(NC(=O)c2cc3cc(Br)ccc3n2NC(=O)C(=O)NCCc2ccccc2)c1C. The fourth-order valence-electron chi connectivity index (χ4n) is 3.74. The van der Waals surface area contributed by atoms with Crippen LogP contribution in [0.15, 0.2) is 77.3 Å². The summed E-state index contributed by atoms with van der Waals surface area (Å²) in [4.78, 5) is 38.4. The molecule has 3 aromatic carbocycles. The Hall–Kier alpha value is -3.91. The Morgan fingerprint density at radius 2 is 1.66 bits per heavy atom. The molecule has 0 aliphatic heterocycles. The molecule has 8 heteroatoms. The number of amides is 3. The van der Waals surface area contributed by atoms with Crippen molar-refractivity contribution in [2.24, 2.45) is 0 Å². The third-order valence-electron chi connectivity index (χ3n) is 5.81. The van der Waals surface area contributed by atoms with Gasteiger partial charge in [0.15, 0.2) is 0 Å². The molecule has 0 aliphatic carbocycles. The number of halogens is 1. The van der Waals surface area contributed by atoms with E-state index in [0.29, 0.717) is 24.2 Å². The minimum Gasteiger partial charge on any atom is -0.347 e. The van der Waals surface area contributed by atoms with E-state index in [1.165, 1.54) is 4.68 Å². The molecular formula is C27H25BrN4O3. The van der Waals surface area contributed by atoms with Crippen molar-refractivity contribution >= 4 is 50.2 Å². The van der Waals surface area contributed by atoms with Crippen molar-refractivity contribution in [1.82, 2.24) is 9.99 Å². The number of aromatic nitrogens is 1. The summed E-state index contributed by atoms with van der Waals surface area (Å²) < 4.78 is 2.18. The number of hydrogen-bond acceptors (Lipinski definition) is 3. The average molecular weight is 533 g/mol. The van der Waals surface area contributed by atoms with Gasteiger partial charge in [0.2, 0.25) is 0 Å². The van der Waals surface area contributed by atoms with Crippen LogP contribution in [-0.2, 0) is 16.0 Å². The molecular weight excluding hydrogens is 508 g/mol. The van der Waals surface area contributed by atoms with Crippen molar-refractivity contribution in [3.63, 3.8) is 0 Å². The van der Waals surface area contributed by atoms with Crippen molar-refractivity contribution in [3.8, 4) is 0 Å². The smallest absolute Gasteiger partial charge is 0.328 e. The molecule has 3 amide bonds. The molecule has 0 saturated heterocycles. The zero-order chi connectivity index (χ0) is 24.9. The Morgan fingerprint density at radius 3 is 2.43 bits per heavy atom. The number of nitrogens with one attached hydrogen (secondary N) is 3. The van der Waals surface area contributed by atoms with Crippen LogP contribution in [-0.4, -0.2) is 28.9 Å². The number of aryl methyl sites for hydroxylation is 1. The third kappa shape index (κ3) is 5.60. The van der Waals surface area contributed by atoms with E-state index < -0.39 is 17.7 Å². The normalized spacial score (nSPS) is 10.7. The number of benzene rings is 3. The van der Waals surface area contributed by atoms with Gasteiger partial charge < -0.3 is 10.6 Å². The van der Waals surface area contributed by atoms with Crippen molar-refractivity contribution < 1.29 is 14.4 Å². The number of hydrogen-bond donors (Lipinski definition) is 3. The van der Waals surface area contributed by atoms with Gasteiger partial charge in [-0.05, 0) is 67.3 Å². The summed E-state index contributed by atoms with van der Waals surface area (Å²) >= 11 is 3.44. The highest BCUT2D eigenvalue weighted by atomic mass is 79.9. The predicted molar refractivity (Wildman–Crippen MR) is 141 cm³/mol. The molecule has 0 saturated carbocycles. The maximum absolute atomic E-state index is 13.2. The van der Waals surface area contributed by atoms with Gasteiger partial charge in [-0.1, -0.05) is 58.4 Å². The second-order valence-corrected chi connectivity index (χ2v) is 9.12. The molecule has 1 heterocycles. The number of nitrogens with zero attached hydrogens (tertiary/aromatic N) is 1. The zero-order valence-electron chi connectivity index (χ0n) is 19.4. The Kier molecular flexibility index (Phi) is 7.31. The van der Waals surface area contributed by atoms with E-state index in [4.69, 9.17) is 0 Å². The van der Waals surface area contributed by atoms with Gasteiger partial charge in [0, 0.05) is 22.1 Å². The number of carbonyl (C=O) groups excluding carboxylic acids is 3. The largest absolute Gasteiger partial charge is 0.347 e. The molecule has 3 N–H and O–H groups in total. The minimum absolute atomic E-state index is 0.199. The van der Waals surface area contributed by atoms with E-state index in [9.17, 15) is 14.4 Å². The summed E-state index contributed by atoms with van der Waals surface area (Å²) in [6, 6.07) is 22.4. The van der Waals surface area contributed by atoms with Gasteiger partial charge in [-0.3, -0.25) is 19.8 Å². The lowest BCUT2D eigenvalue weighted by Gasteiger charge is -2.14. The molecule has 35 heavy (non-hydrogen) atoms. The molecule has 178 valence electrons. The van der Waals surface area contributed by atoms with Crippen LogP contribution < -0.4 is 16.1 Å². The maximum Gasteiger partial charge on any atom is 0.328 e. The highest BCUT2D eigenvalue weighted by molar-refractivity contribution is 9.10. The first-order chi connectivity index (χ1) is 16.8. The lowest BCUT2D eigenvalue weighted by atomic mass is 10.1. The van der Waals surface area contributed by atoms with Gasteiger partial charge in [0.05, 0.1) is 5.52 Å². The fourth-order valence-corrected chi connectivity index (χ4v) is 4.12. The number of carbonyl (C=O) groups is 3. The van der Waals surface area contributed by atoms with Crippen LogP contribution >= 0.6 is 15.9 Å². The number of fused-ring (bicyclic) bond motifs is 1. The molecule has 0 bridgehead atoms. The van der Waals surface area contributed by atoms with Crippen LogP contribution in [0.3, 0.4) is 0 Å². The second-order valence-electron chi connectivity index (χ2n) is 8.20. The Labute approximate surface area is 211 Å². The summed E-state index contributed by atoms with van der Waals surface area (Å²) in [5, 5.41) is 6.28. The Morgan fingerprint density at radius 1 is 0.886 bits per heavy atom. The zero-order valence-corrected chi connectivity index (χ0v) is 21.0. The molecule has 0 aliphatic rings. The van der Waals surface area contributed by atoms with Crippen molar-refractivity contribution in [2.75, 3.05) is 17.3 Å². The minimum atomic E-state index is -0.862. The third-order valence-corrected chi connectivity index (χ3v) is 6.30. The molecule has 0 unspecified atom stereocenters. The van der Waals surface area contributed by atoms with E-state index in [-0.39, 0.29) is 5.69 Å². The summed E-state index contributed by atoms with van der Waals surface area (Å²) in [7, 11) is 0. The van der Waals surface area contributed by atoms with Gasteiger partial charge in [-0.2, -0.15) is 0 Å². The summed E-state index contributed by atoms with van der Waals surface area (Å²) in [5.74, 6) is -2.05. The molecule has 7 nitrogen and oxygen atoms in total. The molecule has 0 radical (unpaired) electrons. The monoisotopic (exact) mass is 532 g/mol. The van der Waals surface area contributed by atoms with E-state index >= 15 is 0 Å². The number of rotatable bonds is 6. The predicted octanol–water partition coefficient (Wildman–Crippen LogP) is 4.70.